The Kier molecular flexibility index (Phi) is 7.86. The van der Waals surface area contributed by atoms with Gasteiger partial charge in [-0.05, 0) is 36.0 Å². The molecule has 9 nitrogen and oxygen atoms in total. The number of rotatable bonds is 6. The number of piperazine rings is 1. The average Bonchev–Trinajstić information content (AvgIpc) is 3.26. The molecule has 2 aliphatic heterocycles. The van der Waals surface area contributed by atoms with Crippen molar-refractivity contribution in [1.29, 1.82) is 0 Å². The predicted octanol–water partition coefficient (Wildman–Crippen LogP) is 2.70. The molecule has 2 heterocycles. The summed E-state index contributed by atoms with van der Waals surface area (Å²) in [6, 6.07) is 14.2. The molecule has 2 N–H and O–H groups in total. The fourth-order valence-electron chi connectivity index (χ4n) is 3.99. The van der Waals surface area contributed by atoms with Crippen molar-refractivity contribution in [3.05, 3.63) is 59.9 Å². The number of thiocarbonyl (C=S) groups is 1. The lowest BCUT2D eigenvalue weighted by Gasteiger charge is -2.35. The Balaban J connectivity index is 1.29. The third kappa shape index (κ3) is 6.10. The number of hydrogen-bond donors (Lipinski definition) is 2. The number of ether oxygens (including phenoxy) is 2. The van der Waals surface area contributed by atoms with Crippen molar-refractivity contribution in [2.75, 3.05) is 56.1 Å². The molecular weight excluding hydrogens is 473 g/mol. The first kappa shape index (κ1) is 24.5. The van der Waals surface area contributed by atoms with E-state index in [1.165, 1.54) is 11.0 Å². The van der Waals surface area contributed by atoms with Crippen molar-refractivity contribution in [2.45, 2.75) is 12.7 Å². The zero-order valence-electron chi connectivity index (χ0n) is 19.4. The van der Waals surface area contributed by atoms with Gasteiger partial charge in [0.2, 0.25) is 0 Å². The first-order chi connectivity index (χ1) is 16.9. The molecule has 2 aromatic rings. The van der Waals surface area contributed by atoms with E-state index in [1.807, 2.05) is 35.2 Å². The van der Waals surface area contributed by atoms with E-state index < -0.39 is 18.0 Å². The smallest absolute Gasteiger partial charge is 0.414 e. The molecule has 186 valence electrons. The predicted molar refractivity (Wildman–Crippen MR) is 134 cm³/mol. The lowest BCUT2D eigenvalue weighted by molar-refractivity contribution is 0.0941. The molecule has 2 amide bonds. The van der Waals surface area contributed by atoms with E-state index in [9.17, 15) is 9.59 Å². The van der Waals surface area contributed by atoms with Gasteiger partial charge in [0.1, 0.15) is 18.5 Å². The van der Waals surface area contributed by atoms with Crippen molar-refractivity contribution in [2.24, 2.45) is 0 Å². The summed E-state index contributed by atoms with van der Waals surface area (Å²) in [4.78, 5) is 29.6. The molecule has 0 saturated carbocycles. The third-order valence-corrected chi connectivity index (χ3v) is 6.27. The number of benzene rings is 2. The summed E-state index contributed by atoms with van der Waals surface area (Å²) in [5.74, 6) is -0.437. The summed E-state index contributed by atoms with van der Waals surface area (Å²) in [6.07, 6.45) is -1.30. The van der Waals surface area contributed by atoms with E-state index in [0.29, 0.717) is 55.8 Å². The summed E-state index contributed by atoms with van der Waals surface area (Å²) in [6.45, 7) is 2.67. The van der Waals surface area contributed by atoms with Gasteiger partial charge in [0.05, 0.1) is 24.5 Å². The summed E-state index contributed by atoms with van der Waals surface area (Å²) in [7, 11) is 1.70. The van der Waals surface area contributed by atoms with Crippen LogP contribution >= 0.6 is 12.2 Å². The summed E-state index contributed by atoms with van der Waals surface area (Å²) in [5.41, 5.74) is 1.78. The molecule has 0 aliphatic carbocycles. The van der Waals surface area contributed by atoms with Crippen LogP contribution < -0.4 is 20.4 Å². The molecule has 2 aliphatic rings. The molecule has 2 fully saturated rings. The maximum Gasteiger partial charge on any atom is 0.414 e. The molecule has 0 radical (unpaired) electrons. The van der Waals surface area contributed by atoms with Gasteiger partial charge in [0.15, 0.2) is 5.11 Å². The first-order valence-corrected chi connectivity index (χ1v) is 11.8. The third-order valence-electron chi connectivity index (χ3n) is 5.92. The zero-order chi connectivity index (χ0) is 24.8. The van der Waals surface area contributed by atoms with Gasteiger partial charge in [-0.1, -0.05) is 30.3 Å². The molecule has 0 aromatic heterocycles. The first-order valence-electron chi connectivity index (χ1n) is 11.4. The minimum absolute atomic E-state index is 0.216. The summed E-state index contributed by atoms with van der Waals surface area (Å²) >= 11 is 5.03. The lowest BCUT2D eigenvalue weighted by Crippen LogP contribution is -2.49. The maximum absolute atomic E-state index is 15.0. The van der Waals surface area contributed by atoms with Crippen molar-refractivity contribution >= 4 is 40.9 Å². The Bertz CT molecular complexity index is 1070. The van der Waals surface area contributed by atoms with Gasteiger partial charge in [-0.2, -0.15) is 0 Å². The largest absolute Gasteiger partial charge is 0.445 e. The molecular formula is C24H28FN5O4S. The number of amides is 2. The van der Waals surface area contributed by atoms with E-state index in [2.05, 4.69) is 10.6 Å². The van der Waals surface area contributed by atoms with E-state index in [1.54, 1.807) is 24.1 Å². The van der Waals surface area contributed by atoms with Gasteiger partial charge in [-0.3, -0.25) is 4.90 Å². The van der Waals surface area contributed by atoms with Crippen molar-refractivity contribution < 1.29 is 23.5 Å². The molecule has 0 spiro atoms. The van der Waals surface area contributed by atoms with Crippen LogP contribution in [0.4, 0.5) is 25.4 Å². The summed E-state index contributed by atoms with van der Waals surface area (Å²) < 4.78 is 25.8. The number of cyclic esters (lactones) is 1. The van der Waals surface area contributed by atoms with Crippen LogP contribution in [0.5, 0.6) is 0 Å². The second kappa shape index (κ2) is 11.2. The molecule has 0 bridgehead atoms. The minimum Gasteiger partial charge on any atom is -0.445 e. The Morgan fingerprint density at radius 2 is 1.91 bits per heavy atom. The topological polar surface area (TPSA) is 86.4 Å². The standard InChI is InChI=1S/C24H28FN5O4S/c1-26-22(35)27-14-19-15-30(24(32)34-19)18-7-8-21(20(25)13-18)28-9-11-29(12-10-28)23(31)33-16-17-5-3-2-4-6-17/h2-8,13,19H,9-12,14-16H2,1H3,(H2,26,27,35)/t19-/m0/s1. The van der Waals surface area contributed by atoms with Crippen molar-refractivity contribution in [1.82, 2.24) is 15.5 Å². The number of hydrogen-bond acceptors (Lipinski definition) is 6. The van der Waals surface area contributed by atoms with Gasteiger partial charge < -0.3 is 29.9 Å². The normalized spacial score (nSPS) is 17.7. The number of carbonyl (C=O) groups is 2. The Labute approximate surface area is 208 Å². The highest BCUT2D eigenvalue weighted by Crippen LogP contribution is 2.28. The van der Waals surface area contributed by atoms with Crippen LogP contribution in [0.3, 0.4) is 0 Å². The molecule has 11 heteroatoms. The van der Waals surface area contributed by atoms with E-state index in [4.69, 9.17) is 21.7 Å². The van der Waals surface area contributed by atoms with Gasteiger partial charge >= 0.3 is 12.2 Å². The SMILES string of the molecule is CNC(=S)NC[C@H]1CN(c2ccc(N3CCN(C(=O)OCc4ccccc4)CC3)c(F)c2)C(=O)O1. The molecule has 2 saturated heterocycles. The molecule has 4 rings (SSSR count). The highest BCUT2D eigenvalue weighted by molar-refractivity contribution is 7.80. The number of nitrogens with zero attached hydrogens (tertiary/aromatic N) is 3. The van der Waals surface area contributed by atoms with Crippen LogP contribution in [0.15, 0.2) is 48.5 Å². The molecule has 35 heavy (non-hydrogen) atoms. The van der Waals surface area contributed by atoms with Gasteiger partial charge in [-0.15, -0.1) is 0 Å². The van der Waals surface area contributed by atoms with Crippen LogP contribution in [-0.4, -0.2) is 74.6 Å². The molecule has 1 atom stereocenters. The zero-order valence-corrected chi connectivity index (χ0v) is 20.2. The molecule has 2 aromatic carbocycles. The van der Waals surface area contributed by atoms with E-state index in [0.717, 1.165) is 5.56 Å². The van der Waals surface area contributed by atoms with Crippen LogP contribution in [0, 0.1) is 5.82 Å². The Morgan fingerprint density at radius 3 is 2.60 bits per heavy atom. The number of anilines is 2. The lowest BCUT2D eigenvalue weighted by atomic mass is 10.2. The van der Waals surface area contributed by atoms with E-state index >= 15 is 4.39 Å². The number of nitrogens with one attached hydrogen (secondary N) is 2. The monoisotopic (exact) mass is 501 g/mol. The van der Waals surface area contributed by atoms with Crippen LogP contribution in [0.1, 0.15) is 5.56 Å². The number of halogens is 1. The minimum atomic E-state index is -0.526. The van der Waals surface area contributed by atoms with Crippen LogP contribution in [-0.2, 0) is 16.1 Å². The average molecular weight is 502 g/mol. The summed E-state index contributed by atoms with van der Waals surface area (Å²) in [5, 5.41) is 6.21. The quantitative estimate of drug-likeness (QED) is 0.585. The maximum atomic E-state index is 15.0. The Hall–Kier alpha value is -3.60. The van der Waals surface area contributed by atoms with Crippen molar-refractivity contribution in [3.8, 4) is 0 Å². The number of carbonyl (C=O) groups excluding carboxylic acids is 2. The molecule has 0 unspecified atom stereocenters. The van der Waals surface area contributed by atoms with Gasteiger partial charge in [0, 0.05) is 33.2 Å². The van der Waals surface area contributed by atoms with E-state index in [-0.39, 0.29) is 12.7 Å². The fourth-order valence-corrected chi connectivity index (χ4v) is 4.08. The fraction of sp³-hybridized carbons (Fsp3) is 0.375. The van der Waals surface area contributed by atoms with Crippen LogP contribution in [0.25, 0.3) is 0 Å². The highest BCUT2D eigenvalue weighted by atomic mass is 32.1. The second-order valence-corrected chi connectivity index (χ2v) is 8.63. The highest BCUT2D eigenvalue weighted by Gasteiger charge is 2.33. The van der Waals surface area contributed by atoms with Gasteiger partial charge in [-0.25, -0.2) is 14.0 Å². The van der Waals surface area contributed by atoms with Gasteiger partial charge in [0.25, 0.3) is 0 Å². The Morgan fingerprint density at radius 1 is 1.17 bits per heavy atom. The second-order valence-electron chi connectivity index (χ2n) is 8.23. The van der Waals surface area contributed by atoms with Crippen molar-refractivity contribution in [3.63, 3.8) is 0 Å². The van der Waals surface area contributed by atoms with Crippen LogP contribution in [0.2, 0.25) is 0 Å².